The third-order valence-electron chi connectivity index (χ3n) is 8.14. The second kappa shape index (κ2) is 11.0. The number of carbonyl (C=O) groups excluding carboxylic acids is 4. The van der Waals surface area contributed by atoms with Gasteiger partial charge in [0.25, 0.3) is 5.91 Å². The second-order valence-corrected chi connectivity index (χ2v) is 10.4. The molecule has 0 saturated carbocycles. The number of carbonyl (C=O) groups is 4. The molecule has 5 rings (SSSR count). The van der Waals surface area contributed by atoms with E-state index in [0.717, 1.165) is 30.2 Å². The average molecular weight is 523 g/mol. The van der Waals surface area contributed by atoms with Crippen molar-refractivity contribution in [2.45, 2.75) is 44.2 Å². The highest BCUT2D eigenvalue weighted by Crippen LogP contribution is 2.39. The van der Waals surface area contributed by atoms with Crippen molar-refractivity contribution in [3.05, 3.63) is 42.1 Å². The Morgan fingerprint density at radius 3 is 2.89 bits per heavy atom. The van der Waals surface area contributed by atoms with Gasteiger partial charge < -0.3 is 30.4 Å². The molecule has 0 unspecified atom stereocenters. The summed E-state index contributed by atoms with van der Waals surface area (Å²) in [6, 6.07) is 5.54. The van der Waals surface area contributed by atoms with Gasteiger partial charge in [-0.1, -0.05) is 18.2 Å². The lowest BCUT2D eigenvalue weighted by atomic mass is 9.90. The summed E-state index contributed by atoms with van der Waals surface area (Å²) in [5.41, 5.74) is 1.12. The summed E-state index contributed by atoms with van der Waals surface area (Å²) < 4.78 is 5.42. The van der Waals surface area contributed by atoms with Gasteiger partial charge in [-0.25, -0.2) is 0 Å². The van der Waals surface area contributed by atoms with Crippen LogP contribution in [0.2, 0.25) is 0 Å². The van der Waals surface area contributed by atoms with Crippen molar-refractivity contribution in [2.24, 2.45) is 17.8 Å². The highest BCUT2D eigenvalue weighted by molar-refractivity contribution is 6.02. The third-order valence-corrected chi connectivity index (χ3v) is 8.14. The van der Waals surface area contributed by atoms with Crippen molar-refractivity contribution >= 4 is 34.4 Å². The van der Waals surface area contributed by atoms with E-state index in [-0.39, 0.29) is 36.0 Å². The van der Waals surface area contributed by atoms with Gasteiger partial charge in [-0.2, -0.15) is 0 Å². The molecule has 1 aliphatic carbocycles. The fourth-order valence-electron chi connectivity index (χ4n) is 6.12. The van der Waals surface area contributed by atoms with Gasteiger partial charge in [-0.15, -0.1) is 0 Å². The zero-order valence-corrected chi connectivity index (χ0v) is 21.4. The number of aliphatic hydroxyl groups excluding tert-OH is 1. The first kappa shape index (κ1) is 26.0. The van der Waals surface area contributed by atoms with E-state index in [2.05, 4.69) is 15.6 Å². The first-order valence-corrected chi connectivity index (χ1v) is 13.3. The molecule has 2 fully saturated rings. The molecule has 5 atom stereocenters. The highest BCUT2D eigenvalue weighted by atomic mass is 16.5. The number of aromatic amines is 1. The Bertz CT molecular complexity index is 1270. The Morgan fingerprint density at radius 2 is 2.13 bits per heavy atom. The third kappa shape index (κ3) is 4.92. The van der Waals surface area contributed by atoms with Crippen LogP contribution in [0.25, 0.3) is 10.9 Å². The summed E-state index contributed by atoms with van der Waals surface area (Å²) in [5, 5.41) is 16.0. The van der Waals surface area contributed by atoms with Crippen molar-refractivity contribution in [1.82, 2.24) is 20.5 Å². The van der Waals surface area contributed by atoms with Crippen LogP contribution in [0.1, 0.15) is 42.6 Å². The van der Waals surface area contributed by atoms with Crippen molar-refractivity contribution in [3.63, 3.8) is 0 Å². The Labute approximate surface area is 220 Å². The zero-order valence-electron chi connectivity index (χ0n) is 21.4. The number of rotatable bonds is 9. The lowest BCUT2D eigenvalue weighted by Crippen LogP contribution is -2.53. The van der Waals surface area contributed by atoms with Crippen molar-refractivity contribution < 1.29 is 29.0 Å². The van der Waals surface area contributed by atoms with E-state index in [9.17, 15) is 24.3 Å². The topological polar surface area (TPSA) is 141 Å². The SMILES string of the molecule is COc1cccc2[nH]c(C(=O)N3C[C@@H]4CC=C[C@@H]4[C@H]3C(=O)N[C@@H](CC[C@@H]3CCCNC3=O)C(=O)CO)cc12. The monoisotopic (exact) mass is 522 g/mol. The molecule has 10 heteroatoms. The number of methoxy groups -OCH3 is 1. The summed E-state index contributed by atoms with van der Waals surface area (Å²) in [4.78, 5) is 56.8. The Kier molecular flexibility index (Phi) is 7.51. The van der Waals surface area contributed by atoms with Crippen LogP contribution in [0.5, 0.6) is 5.75 Å². The molecule has 0 spiro atoms. The summed E-state index contributed by atoms with van der Waals surface area (Å²) in [5.74, 6) is -0.893. The fourth-order valence-corrected chi connectivity index (χ4v) is 6.12. The van der Waals surface area contributed by atoms with Crippen LogP contribution >= 0.6 is 0 Å². The van der Waals surface area contributed by atoms with Crippen LogP contribution in [0.3, 0.4) is 0 Å². The number of allylic oxidation sites excluding steroid dienone is 1. The number of ketones is 1. The number of fused-ring (bicyclic) bond motifs is 2. The van der Waals surface area contributed by atoms with Crippen LogP contribution in [-0.4, -0.2) is 77.4 Å². The van der Waals surface area contributed by atoms with E-state index in [0.29, 0.717) is 31.0 Å². The highest BCUT2D eigenvalue weighted by Gasteiger charge is 2.48. The molecule has 2 aromatic rings. The minimum atomic E-state index is -0.930. The lowest BCUT2D eigenvalue weighted by Gasteiger charge is -2.29. The Morgan fingerprint density at radius 1 is 1.29 bits per heavy atom. The fraction of sp³-hybridized carbons (Fsp3) is 0.500. The largest absolute Gasteiger partial charge is 0.496 e. The number of nitrogens with one attached hydrogen (secondary N) is 3. The van der Waals surface area contributed by atoms with Gasteiger partial charge in [0, 0.05) is 35.8 Å². The number of benzene rings is 1. The smallest absolute Gasteiger partial charge is 0.271 e. The normalized spacial score (nSPS) is 25.2. The summed E-state index contributed by atoms with van der Waals surface area (Å²) in [7, 11) is 1.57. The number of hydrogen-bond donors (Lipinski definition) is 4. The molecular formula is C28H34N4O6. The summed E-state index contributed by atoms with van der Waals surface area (Å²) in [6.07, 6.45) is 7.06. The molecule has 3 amide bonds. The van der Waals surface area contributed by atoms with Crippen molar-refractivity contribution in [3.8, 4) is 5.75 Å². The minimum Gasteiger partial charge on any atom is -0.496 e. The molecule has 0 radical (unpaired) electrons. The van der Waals surface area contributed by atoms with E-state index in [1.54, 1.807) is 18.1 Å². The van der Waals surface area contributed by atoms with Gasteiger partial charge in [-0.3, -0.25) is 19.2 Å². The van der Waals surface area contributed by atoms with Gasteiger partial charge >= 0.3 is 0 Å². The lowest BCUT2D eigenvalue weighted by molar-refractivity contribution is -0.132. The summed E-state index contributed by atoms with van der Waals surface area (Å²) >= 11 is 0. The van der Waals surface area contributed by atoms with Crippen molar-refractivity contribution in [2.75, 3.05) is 26.8 Å². The van der Waals surface area contributed by atoms with Gasteiger partial charge in [0.2, 0.25) is 11.8 Å². The molecule has 1 aromatic carbocycles. The Balaban J connectivity index is 1.35. The number of ether oxygens (including phenoxy) is 1. The number of aliphatic hydroxyl groups is 1. The predicted octanol–water partition coefficient (Wildman–Crippen LogP) is 1.55. The molecule has 3 aliphatic rings. The van der Waals surface area contributed by atoms with Crippen LogP contribution < -0.4 is 15.4 Å². The predicted molar refractivity (Wildman–Crippen MR) is 139 cm³/mol. The zero-order chi connectivity index (χ0) is 26.8. The molecule has 10 nitrogen and oxygen atoms in total. The minimum absolute atomic E-state index is 0.0424. The number of nitrogens with zero attached hydrogens (tertiary/aromatic N) is 1. The van der Waals surface area contributed by atoms with Crippen LogP contribution in [-0.2, 0) is 14.4 Å². The Hall–Kier alpha value is -3.66. The molecule has 2 saturated heterocycles. The molecular weight excluding hydrogens is 488 g/mol. The number of H-pyrrole nitrogens is 1. The van der Waals surface area contributed by atoms with E-state index in [4.69, 9.17) is 4.74 Å². The van der Waals surface area contributed by atoms with E-state index in [1.807, 2.05) is 30.4 Å². The number of aromatic nitrogens is 1. The molecule has 202 valence electrons. The number of likely N-dealkylation sites (tertiary alicyclic amines) is 1. The quantitative estimate of drug-likeness (QED) is 0.368. The molecule has 3 heterocycles. The van der Waals surface area contributed by atoms with E-state index >= 15 is 0 Å². The van der Waals surface area contributed by atoms with Crippen LogP contribution in [0, 0.1) is 17.8 Å². The molecule has 2 aliphatic heterocycles. The van der Waals surface area contributed by atoms with Gasteiger partial charge in [0.1, 0.15) is 24.1 Å². The second-order valence-electron chi connectivity index (χ2n) is 10.4. The van der Waals surface area contributed by atoms with Gasteiger partial charge in [0.05, 0.1) is 13.2 Å². The first-order valence-electron chi connectivity index (χ1n) is 13.3. The van der Waals surface area contributed by atoms with Crippen molar-refractivity contribution in [1.29, 1.82) is 0 Å². The first-order chi connectivity index (χ1) is 18.4. The van der Waals surface area contributed by atoms with E-state index in [1.165, 1.54) is 0 Å². The average Bonchev–Trinajstić information content (AvgIpc) is 3.65. The molecule has 1 aromatic heterocycles. The maximum absolute atomic E-state index is 13.7. The number of piperidine rings is 1. The van der Waals surface area contributed by atoms with Gasteiger partial charge in [-0.05, 0) is 56.2 Å². The van der Waals surface area contributed by atoms with E-state index < -0.39 is 30.4 Å². The number of hydrogen-bond acceptors (Lipinski definition) is 6. The molecule has 4 N–H and O–H groups in total. The molecule has 0 bridgehead atoms. The number of amides is 3. The molecule has 38 heavy (non-hydrogen) atoms. The standard InChI is InChI=1S/C28H34N4O6/c1-38-24-9-3-8-20-19(24)13-22(30-20)28(37)32-14-17-5-2-7-18(17)25(32)27(36)31-21(23(34)15-33)11-10-16-6-4-12-29-26(16)35/h2-3,7-9,13,16-18,21,25,30,33H,4-6,10-12,14-15H2,1H3,(H,29,35)(H,31,36)/t16-,17-,18-,21-,25-/m0/s1. The van der Waals surface area contributed by atoms with Gasteiger partial charge in [0.15, 0.2) is 5.78 Å². The van der Waals surface area contributed by atoms with Crippen LogP contribution in [0.4, 0.5) is 0 Å². The number of Topliss-reactive ketones (excluding diaryl/α,β-unsaturated/α-hetero) is 1. The van der Waals surface area contributed by atoms with Crippen LogP contribution in [0.15, 0.2) is 36.4 Å². The summed E-state index contributed by atoms with van der Waals surface area (Å²) in [6.45, 7) is 0.357. The maximum Gasteiger partial charge on any atom is 0.271 e. The maximum atomic E-state index is 13.7.